The number of carboxylic acids is 1. The van der Waals surface area contributed by atoms with Crippen molar-refractivity contribution >= 4 is 11.9 Å². The number of carboxylic acid groups (broad SMARTS) is 1. The van der Waals surface area contributed by atoms with Crippen molar-refractivity contribution in [3.63, 3.8) is 0 Å². The molecule has 1 aromatic rings. The van der Waals surface area contributed by atoms with E-state index in [1.807, 2.05) is 20.8 Å². The number of pyridine rings is 1. The van der Waals surface area contributed by atoms with Gasteiger partial charge < -0.3 is 14.7 Å². The Morgan fingerprint density at radius 1 is 1.35 bits per heavy atom. The van der Waals surface area contributed by atoms with E-state index in [1.54, 1.807) is 12.1 Å². The van der Waals surface area contributed by atoms with Crippen LogP contribution in [0.2, 0.25) is 0 Å². The van der Waals surface area contributed by atoms with Crippen molar-refractivity contribution in [2.45, 2.75) is 32.7 Å². The van der Waals surface area contributed by atoms with Gasteiger partial charge in [0, 0.05) is 24.3 Å². The average Bonchev–Trinajstić information content (AvgIpc) is 2.37. The van der Waals surface area contributed by atoms with Gasteiger partial charge in [-0.25, -0.2) is 4.98 Å². The van der Waals surface area contributed by atoms with Crippen LogP contribution in [0, 0.1) is 0 Å². The third kappa shape index (κ3) is 4.22. The molecule has 1 rings (SSSR count). The van der Waals surface area contributed by atoms with Crippen molar-refractivity contribution in [1.82, 2.24) is 9.88 Å². The first-order valence-electron chi connectivity index (χ1n) is 6.29. The van der Waals surface area contributed by atoms with E-state index in [9.17, 15) is 9.59 Å². The number of carbonyl (C=O) groups excluding carboxylic acids is 1. The van der Waals surface area contributed by atoms with Gasteiger partial charge in [-0.05, 0) is 26.8 Å². The molecule has 0 saturated heterocycles. The van der Waals surface area contributed by atoms with Gasteiger partial charge in [0.2, 0.25) is 5.88 Å². The fourth-order valence-electron chi connectivity index (χ4n) is 1.73. The second-order valence-electron chi connectivity index (χ2n) is 5.36. The first-order chi connectivity index (χ1) is 9.25. The van der Waals surface area contributed by atoms with Gasteiger partial charge in [0.05, 0.1) is 19.1 Å². The van der Waals surface area contributed by atoms with Crippen LogP contribution in [0.4, 0.5) is 0 Å². The number of amides is 1. The van der Waals surface area contributed by atoms with E-state index in [2.05, 4.69) is 4.98 Å². The largest absolute Gasteiger partial charge is 0.481 e. The molecule has 6 nitrogen and oxygen atoms in total. The summed E-state index contributed by atoms with van der Waals surface area (Å²) in [7, 11) is 1.50. The molecule has 0 bridgehead atoms. The van der Waals surface area contributed by atoms with Crippen LogP contribution in [0.25, 0.3) is 0 Å². The summed E-state index contributed by atoms with van der Waals surface area (Å²) in [6.45, 7) is 5.75. The molecule has 1 heterocycles. The molecule has 1 amide bonds. The van der Waals surface area contributed by atoms with E-state index >= 15 is 0 Å². The maximum Gasteiger partial charge on any atom is 0.305 e. The molecule has 0 spiro atoms. The molecule has 0 radical (unpaired) electrons. The third-order valence-electron chi connectivity index (χ3n) is 2.80. The summed E-state index contributed by atoms with van der Waals surface area (Å²) in [5.74, 6) is -0.747. The van der Waals surface area contributed by atoms with Crippen LogP contribution in [0.1, 0.15) is 37.6 Å². The number of hydrogen-bond acceptors (Lipinski definition) is 4. The Labute approximate surface area is 118 Å². The zero-order valence-electron chi connectivity index (χ0n) is 12.2. The lowest BCUT2D eigenvalue weighted by Gasteiger charge is -2.35. The number of rotatable bonds is 5. The lowest BCUT2D eigenvalue weighted by Crippen LogP contribution is -2.46. The summed E-state index contributed by atoms with van der Waals surface area (Å²) in [4.78, 5) is 28.7. The number of carbonyl (C=O) groups is 2. The maximum atomic E-state index is 12.5. The Hall–Kier alpha value is -2.11. The normalized spacial score (nSPS) is 11.0. The first kappa shape index (κ1) is 15.9. The molecule has 0 unspecified atom stereocenters. The molecule has 0 fully saturated rings. The fraction of sp³-hybridized carbons (Fsp3) is 0.500. The summed E-state index contributed by atoms with van der Waals surface area (Å²) in [5.41, 5.74) is -0.0574. The maximum absolute atomic E-state index is 12.5. The van der Waals surface area contributed by atoms with Crippen molar-refractivity contribution in [3.05, 3.63) is 23.9 Å². The lowest BCUT2D eigenvalue weighted by molar-refractivity contribution is -0.137. The molecule has 0 aliphatic heterocycles. The second kappa shape index (κ2) is 6.36. The van der Waals surface area contributed by atoms with Gasteiger partial charge in [-0.1, -0.05) is 0 Å². The summed E-state index contributed by atoms with van der Waals surface area (Å²) >= 11 is 0. The Balaban J connectivity index is 2.94. The standard InChI is InChI=1S/C14H20N2O4/c1-14(2,3)16(8-7-12(17)18)13(19)10-5-6-11(20-4)15-9-10/h5-6,9H,7-8H2,1-4H3,(H,17,18). The summed E-state index contributed by atoms with van der Waals surface area (Å²) in [6.07, 6.45) is 1.34. The molecule has 1 N–H and O–H groups in total. The Kier molecular flexibility index (Phi) is 5.07. The Morgan fingerprint density at radius 2 is 2.00 bits per heavy atom. The minimum absolute atomic E-state index is 0.0907. The van der Waals surface area contributed by atoms with Crippen molar-refractivity contribution in [1.29, 1.82) is 0 Å². The highest BCUT2D eigenvalue weighted by atomic mass is 16.5. The minimum Gasteiger partial charge on any atom is -0.481 e. The quantitative estimate of drug-likeness (QED) is 0.889. The minimum atomic E-state index is -0.931. The van der Waals surface area contributed by atoms with Gasteiger partial charge in [-0.2, -0.15) is 0 Å². The highest BCUT2D eigenvalue weighted by Gasteiger charge is 2.27. The van der Waals surface area contributed by atoms with Gasteiger partial charge in [0.15, 0.2) is 0 Å². The summed E-state index contributed by atoms with van der Waals surface area (Å²) in [5, 5.41) is 8.78. The molecule has 110 valence electrons. The van der Waals surface area contributed by atoms with Crippen molar-refractivity contribution in [2.75, 3.05) is 13.7 Å². The number of nitrogens with zero attached hydrogens (tertiary/aromatic N) is 2. The van der Waals surface area contributed by atoms with Crippen LogP contribution < -0.4 is 4.74 Å². The zero-order chi connectivity index (χ0) is 15.3. The number of aromatic nitrogens is 1. The number of ether oxygens (including phenoxy) is 1. The highest BCUT2D eigenvalue weighted by molar-refractivity contribution is 5.94. The number of hydrogen-bond donors (Lipinski definition) is 1. The van der Waals surface area contributed by atoms with Crippen LogP contribution in [0.3, 0.4) is 0 Å². The van der Waals surface area contributed by atoms with Crippen molar-refractivity contribution < 1.29 is 19.4 Å². The molecule has 0 saturated carbocycles. The van der Waals surface area contributed by atoms with Gasteiger partial charge in [0.1, 0.15) is 0 Å². The van der Waals surface area contributed by atoms with Crippen molar-refractivity contribution in [3.8, 4) is 5.88 Å². The van der Waals surface area contributed by atoms with Crippen LogP contribution in [0.15, 0.2) is 18.3 Å². The molecule has 1 aromatic heterocycles. The molecule has 0 aromatic carbocycles. The Bertz CT molecular complexity index is 477. The SMILES string of the molecule is COc1ccc(C(=O)N(CCC(=O)O)C(C)(C)C)cn1. The van der Waals surface area contributed by atoms with Crippen LogP contribution in [-0.2, 0) is 4.79 Å². The smallest absolute Gasteiger partial charge is 0.305 e. The summed E-state index contributed by atoms with van der Waals surface area (Å²) in [6, 6.07) is 3.22. The topological polar surface area (TPSA) is 79.7 Å². The third-order valence-corrected chi connectivity index (χ3v) is 2.80. The van der Waals surface area contributed by atoms with E-state index in [-0.39, 0.29) is 18.9 Å². The molecule has 0 aliphatic carbocycles. The van der Waals surface area contributed by atoms with Crippen LogP contribution in [-0.4, -0.2) is 46.1 Å². The molecular weight excluding hydrogens is 260 g/mol. The lowest BCUT2D eigenvalue weighted by atomic mass is 10.0. The van der Waals surface area contributed by atoms with Gasteiger partial charge in [-0.15, -0.1) is 0 Å². The predicted molar refractivity (Wildman–Crippen MR) is 73.8 cm³/mol. The predicted octanol–water partition coefficient (Wildman–Crippen LogP) is 1.81. The van der Waals surface area contributed by atoms with E-state index in [1.165, 1.54) is 18.2 Å². The van der Waals surface area contributed by atoms with Crippen LogP contribution in [0.5, 0.6) is 5.88 Å². The van der Waals surface area contributed by atoms with E-state index in [4.69, 9.17) is 9.84 Å². The van der Waals surface area contributed by atoms with E-state index < -0.39 is 11.5 Å². The monoisotopic (exact) mass is 280 g/mol. The number of methoxy groups -OCH3 is 1. The second-order valence-corrected chi connectivity index (χ2v) is 5.36. The zero-order valence-corrected chi connectivity index (χ0v) is 12.2. The fourth-order valence-corrected chi connectivity index (χ4v) is 1.73. The molecule has 0 atom stereocenters. The van der Waals surface area contributed by atoms with Crippen molar-refractivity contribution in [2.24, 2.45) is 0 Å². The van der Waals surface area contributed by atoms with Gasteiger partial charge in [-0.3, -0.25) is 9.59 Å². The highest BCUT2D eigenvalue weighted by Crippen LogP contribution is 2.18. The van der Waals surface area contributed by atoms with E-state index in [0.717, 1.165) is 0 Å². The van der Waals surface area contributed by atoms with Gasteiger partial charge >= 0.3 is 5.97 Å². The van der Waals surface area contributed by atoms with E-state index in [0.29, 0.717) is 11.4 Å². The summed E-state index contributed by atoms with van der Waals surface area (Å²) < 4.78 is 4.94. The number of aliphatic carboxylic acids is 1. The Morgan fingerprint density at radius 3 is 2.40 bits per heavy atom. The van der Waals surface area contributed by atoms with Gasteiger partial charge in [0.25, 0.3) is 5.91 Å². The molecule has 0 aliphatic rings. The molecule has 20 heavy (non-hydrogen) atoms. The first-order valence-corrected chi connectivity index (χ1v) is 6.29. The average molecular weight is 280 g/mol. The van der Waals surface area contributed by atoms with Crippen LogP contribution >= 0.6 is 0 Å². The molecule has 6 heteroatoms. The molecular formula is C14H20N2O4.